The summed E-state index contributed by atoms with van der Waals surface area (Å²) in [6.07, 6.45) is -0.143. The molecule has 1 amide bonds. The van der Waals surface area contributed by atoms with E-state index in [9.17, 15) is 13.6 Å². The van der Waals surface area contributed by atoms with Gasteiger partial charge in [-0.25, -0.2) is 8.78 Å². The minimum absolute atomic E-state index is 0.143. The highest BCUT2D eigenvalue weighted by molar-refractivity contribution is 5.94. The van der Waals surface area contributed by atoms with Crippen LogP contribution < -0.4 is 5.32 Å². The van der Waals surface area contributed by atoms with Crippen molar-refractivity contribution in [2.24, 2.45) is 0 Å². The fourth-order valence-electron chi connectivity index (χ4n) is 2.41. The highest BCUT2D eigenvalue weighted by Crippen LogP contribution is 2.15. The number of hydrogen-bond donors (Lipinski definition) is 1. The molecule has 1 aliphatic heterocycles. The lowest BCUT2D eigenvalue weighted by molar-refractivity contribution is 0.0759. The Kier molecular flexibility index (Phi) is 4.67. The lowest BCUT2D eigenvalue weighted by atomic mass is 10.1. The van der Waals surface area contributed by atoms with E-state index in [2.05, 4.69) is 10.2 Å². The molecule has 1 fully saturated rings. The van der Waals surface area contributed by atoms with Crippen LogP contribution in [-0.2, 0) is 4.74 Å². The highest BCUT2D eigenvalue weighted by atomic mass is 19.2. The molecule has 0 aliphatic carbocycles. The summed E-state index contributed by atoms with van der Waals surface area (Å²) in [5, 5.41) is 2.72. The number of hydrogen-bond acceptors (Lipinski definition) is 3. The monoisotopic (exact) mass is 284 g/mol. The fourth-order valence-corrected chi connectivity index (χ4v) is 2.41. The van der Waals surface area contributed by atoms with E-state index in [1.54, 1.807) is 7.11 Å². The predicted octanol–water partition coefficient (Wildman–Crippen LogP) is 1.41. The minimum Gasteiger partial charge on any atom is -0.378 e. The maximum atomic E-state index is 13.6. The van der Waals surface area contributed by atoms with Crippen molar-refractivity contribution in [3.8, 4) is 0 Å². The number of amides is 1. The largest absolute Gasteiger partial charge is 0.378 e. The van der Waals surface area contributed by atoms with Crippen LogP contribution in [0.15, 0.2) is 18.2 Å². The third-order valence-corrected chi connectivity index (χ3v) is 3.60. The number of carbonyl (C=O) groups is 1. The van der Waals surface area contributed by atoms with Crippen LogP contribution in [0.5, 0.6) is 0 Å². The van der Waals surface area contributed by atoms with Crippen LogP contribution in [0.2, 0.25) is 0 Å². The van der Waals surface area contributed by atoms with E-state index in [1.165, 1.54) is 12.1 Å². The first-order valence-corrected chi connectivity index (χ1v) is 6.56. The van der Waals surface area contributed by atoms with Crippen LogP contribution in [0.25, 0.3) is 0 Å². The molecule has 6 heteroatoms. The SMILES string of the molecule is CCN1C[C@@H](NC(=O)c2cccc(F)c2F)[C@H](OC)C1. The maximum absolute atomic E-state index is 13.6. The molecule has 20 heavy (non-hydrogen) atoms. The van der Waals surface area contributed by atoms with Gasteiger partial charge in [-0.05, 0) is 18.7 Å². The quantitative estimate of drug-likeness (QED) is 0.909. The summed E-state index contributed by atoms with van der Waals surface area (Å²) in [5.41, 5.74) is -0.283. The molecule has 1 aromatic carbocycles. The molecule has 110 valence electrons. The molecule has 2 atom stereocenters. The number of benzene rings is 1. The van der Waals surface area contributed by atoms with Gasteiger partial charge in [0.05, 0.1) is 17.7 Å². The zero-order chi connectivity index (χ0) is 14.7. The van der Waals surface area contributed by atoms with Crippen molar-refractivity contribution in [2.45, 2.75) is 19.1 Å². The number of nitrogens with one attached hydrogen (secondary N) is 1. The average Bonchev–Trinajstić information content (AvgIpc) is 2.84. The molecule has 2 rings (SSSR count). The molecular weight excluding hydrogens is 266 g/mol. The second-order valence-electron chi connectivity index (χ2n) is 4.81. The Morgan fingerprint density at radius 1 is 1.45 bits per heavy atom. The smallest absolute Gasteiger partial charge is 0.254 e. The molecule has 1 N–H and O–H groups in total. The molecule has 1 aromatic rings. The molecule has 0 aromatic heterocycles. The van der Waals surface area contributed by atoms with Crippen molar-refractivity contribution in [2.75, 3.05) is 26.7 Å². The van der Waals surface area contributed by atoms with Gasteiger partial charge in [-0.1, -0.05) is 13.0 Å². The van der Waals surface area contributed by atoms with E-state index < -0.39 is 17.5 Å². The van der Waals surface area contributed by atoms with Crippen LogP contribution in [0.4, 0.5) is 8.78 Å². The van der Waals surface area contributed by atoms with E-state index >= 15 is 0 Å². The lowest BCUT2D eigenvalue weighted by Gasteiger charge is -2.18. The number of likely N-dealkylation sites (N-methyl/N-ethyl adjacent to an activating group) is 1. The number of methoxy groups -OCH3 is 1. The van der Waals surface area contributed by atoms with E-state index in [0.29, 0.717) is 13.1 Å². The van der Waals surface area contributed by atoms with Crippen molar-refractivity contribution in [3.05, 3.63) is 35.4 Å². The molecule has 0 spiro atoms. The highest BCUT2D eigenvalue weighted by Gasteiger charge is 2.33. The molecular formula is C14H18F2N2O2. The van der Waals surface area contributed by atoms with Gasteiger partial charge in [0.15, 0.2) is 11.6 Å². The summed E-state index contributed by atoms with van der Waals surface area (Å²) in [6, 6.07) is 3.34. The predicted molar refractivity (Wildman–Crippen MR) is 70.5 cm³/mol. The first-order valence-electron chi connectivity index (χ1n) is 6.56. The van der Waals surface area contributed by atoms with Crippen molar-refractivity contribution < 1.29 is 18.3 Å². The minimum atomic E-state index is -1.12. The molecule has 4 nitrogen and oxygen atoms in total. The van der Waals surface area contributed by atoms with Crippen molar-refractivity contribution in [3.63, 3.8) is 0 Å². The third-order valence-electron chi connectivity index (χ3n) is 3.60. The Bertz CT molecular complexity index is 496. The van der Waals surface area contributed by atoms with Crippen LogP contribution in [0, 0.1) is 11.6 Å². The first-order chi connectivity index (χ1) is 9.56. The van der Waals surface area contributed by atoms with Gasteiger partial charge in [0.1, 0.15) is 0 Å². The number of likely N-dealkylation sites (tertiary alicyclic amines) is 1. The molecule has 0 radical (unpaired) electrons. The van der Waals surface area contributed by atoms with Gasteiger partial charge in [0, 0.05) is 20.2 Å². The van der Waals surface area contributed by atoms with Crippen molar-refractivity contribution >= 4 is 5.91 Å². The summed E-state index contributed by atoms with van der Waals surface area (Å²) >= 11 is 0. The topological polar surface area (TPSA) is 41.6 Å². The van der Waals surface area contributed by atoms with Crippen LogP contribution in [0.3, 0.4) is 0 Å². The second-order valence-corrected chi connectivity index (χ2v) is 4.81. The van der Waals surface area contributed by atoms with E-state index in [4.69, 9.17) is 4.74 Å². The lowest BCUT2D eigenvalue weighted by Crippen LogP contribution is -2.43. The Morgan fingerprint density at radius 2 is 2.20 bits per heavy atom. The molecule has 0 bridgehead atoms. The zero-order valence-electron chi connectivity index (χ0n) is 11.5. The van der Waals surface area contributed by atoms with E-state index in [0.717, 1.165) is 12.6 Å². The Hall–Kier alpha value is -1.53. The normalized spacial score (nSPS) is 23.0. The Labute approximate surface area is 116 Å². The fraction of sp³-hybridized carbons (Fsp3) is 0.500. The third kappa shape index (κ3) is 2.96. The zero-order valence-corrected chi connectivity index (χ0v) is 11.5. The number of rotatable bonds is 4. The van der Waals surface area contributed by atoms with Crippen LogP contribution in [0.1, 0.15) is 17.3 Å². The summed E-state index contributed by atoms with van der Waals surface area (Å²) in [7, 11) is 1.58. The molecule has 1 aliphatic rings. The van der Waals surface area contributed by atoms with Crippen molar-refractivity contribution in [1.82, 2.24) is 10.2 Å². The van der Waals surface area contributed by atoms with Gasteiger partial charge in [0.25, 0.3) is 5.91 Å². The maximum Gasteiger partial charge on any atom is 0.254 e. The standard InChI is InChI=1S/C14H18F2N2O2/c1-3-18-7-11(12(8-18)20-2)17-14(19)9-5-4-6-10(15)13(9)16/h4-6,11-12H,3,7-8H2,1-2H3,(H,17,19)/t11-,12-/m1/s1. The number of ether oxygens (including phenoxy) is 1. The number of carbonyl (C=O) groups excluding carboxylic acids is 1. The molecule has 0 saturated carbocycles. The van der Waals surface area contributed by atoms with E-state index in [1.807, 2.05) is 6.92 Å². The summed E-state index contributed by atoms with van der Waals surface area (Å²) < 4.78 is 32.0. The molecule has 1 saturated heterocycles. The number of nitrogens with zero attached hydrogens (tertiary/aromatic N) is 1. The van der Waals surface area contributed by atoms with Gasteiger partial charge in [0.2, 0.25) is 0 Å². The van der Waals surface area contributed by atoms with Gasteiger partial charge >= 0.3 is 0 Å². The number of halogens is 2. The Morgan fingerprint density at radius 3 is 2.85 bits per heavy atom. The summed E-state index contributed by atoms with van der Waals surface area (Å²) in [5.74, 6) is -2.76. The van der Waals surface area contributed by atoms with Gasteiger partial charge in [-0.15, -0.1) is 0 Å². The van der Waals surface area contributed by atoms with Gasteiger partial charge < -0.3 is 10.1 Å². The van der Waals surface area contributed by atoms with Crippen molar-refractivity contribution in [1.29, 1.82) is 0 Å². The Balaban J connectivity index is 2.09. The van der Waals surface area contributed by atoms with Crippen LogP contribution in [-0.4, -0.2) is 49.7 Å². The van der Waals surface area contributed by atoms with Crippen LogP contribution >= 0.6 is 0 Å². The summed E-state index contributed by atoms with van der Waals surface area (Å²) in [4.78, 5) is 14.2. The summed E-state index contributed by atoms with van der Waals surface area (Å²) in [6.45, 7) is 4.21. The van der Waals surface area contributed by atoms with E-state index in [-0.39, 0.29) is 17.7 Å². The van der Waals surface area contributed by atoms with Gasteiger partial charge in [-0.3, -0.25) is 9.69 Å². The average molecular weight is 284 g/mol. The van der Waals surface area contributed by atoms with Gasteiger partial charge in [-0.2, -0.15) is 0 Å². The second kappa shape index (κ2) is 6.28. The first kappa shape index (κ1) is 14.9. The molecule has 1 heterocycles. The molecule has 0 unspecified atom stereocenters.